The summed E-state index contributed by atoms with van der Waals surface area (Å²) in [5.74, 6) is -3.00. The summed E-state index contributed by atoms with van der Waals surface area (Å²) in [6, 6.07) is 10.8. The van der Waals surface area contributed by atoms with Gasteiger partial charge >= 0.3 is 0 Å². The van der Waals surface area contributed by atoms with Crippen molar-refractivity contribution in [3.8, 4) is 5.75 Å². The van der Waals surface area contributed by atoms with Gasteiger partial charge in [0, 0.05) is 10.8 Å². The minimum Gasteiger partial charge on any atom is -0.505 e. The molecular formula is C27H27N5O22S7. The number of aromatic hydroxyl groups is 1. The van der Waals surface area contributed by atoms with Crippen molar-refractivity contribution in [3.05, 3.63) is 60.7 Å². The summed E-state index contributed by atoms with van der Waals surface area (Å²) in [6.45, 7) is -0.882. The first-order valence-corrected chi connectivity index (χ1v) is 23.9. The van der Waals surface area contributed by atoms with Crippen LogP contribution >= 0.6 is 36.7 Å². The van der Waals surface area contributed by atoms with E-state index in [1.807, 2.05) is 0 Å². The van der Waals surface area contributed by atoms with E-state index in [0.717, 1.165) is 18.2 Å². The minimum atomic E-state index is -5.23. The lowest BCUT2D eigenvalue weighted by molar-refractivity contribution is -0.434. The van der Waals surface area contributed by atoms with Crippen LogP contribution in [0.15, 0.2) is 101 Å². The van der Waals surface area contributed by atoms with Crippen LogP contribution < -0.4 is 5.32 Å². The van der Waals surface area contributed by atoms with Gasteiger partial charge in [-0.3, -0.25) is 17.5 Å². The highest BCUT2D eigenvalue weighted by molar-refractivity contribution is 7.94. The van der Waals surface area contributed by atoms with Gasteiger partial charge in [0.15, 0.2) is 50.1 Å². The second-order valence-corrected chi connectivity index (χ2v) is 19.8. The van der Waals surface area contributed by atoms with E-state index in [9.17, 15) is 47.9 Å². The van der Waals surface area contributed by atoms with Crippen molar-refractivity contribution >= 4 is 116 Å². The molecule has 0 unspecified atom stereocenters. The first-order valence-electron chi connectivity index (χ1n) is 15.5. The third-order valence-electron chi connectivity index (χ3n) is 7.18. The number of azo groups is 2. The molecule has 4 aromatic rings. The van der Waals surface area contributed by atoms with Crippen LogP contribution in [-0.2, 0) is 76.4 Å². The summed E-state index contributed by atoms with van der Waals surface area (Å²) in [5.41, 5.74) is -1.51. The molecule has 0 spiro atoms. The highest BCUT2D eigenvalue weighted by atomic mass is 32.2. The van der Waals surface area contributed by atoms with Crippen LogP contribution in [0.2, 0.25) is 0 Å². The fourth-order valence-corrected chi connectivity index (χ4v) is 8.99. The number of phenols is 1. The zero-order valence-corrected chi connectivity index (χ0v) is 35.4. The number of nitrogens with one attached hydrogen (secondary N) is 1. The monoisotopic (exact) mass is 997 g/mol. The van der Waals surface area contributed by atoms with Crippen LogP contribution in [0.25, 0.3) is 10.8 Å². The predicted molar refractivity (Wildman–Crippen MR) is 208 cm³/mol. The topological polar surface area (TPSA) is 393 Å². The zero-order valence-electron chi connectivity index (χ0n) is 29.7. The van der Waals surface area contributed by atoms with Gasteiger partial charge in [-0.2, -0.15) is 21.9 Å². The van der Waals surface area contributed by atoms with Crippen LogP contribution in [0.5, 0.6) is 5.75 Å². The Kier molecular flexibility index (Phi) is 18.5. The molecule has 27 nitrogen and oxygen atoms in total. The molecule has 34 heteroatoms. The molecule has 0 radical (unpaired) electrons. The number of rotatable bonds is 25. The average Bonchev–Trinajstić information content (AvgIpc) is 3.20. The quantitative estimate of drug-likeness (QED) is 0.0102. The van der Waals surface area contributed by atoms with Crippen LogP contribution in [0.1, 0.15) is 0 Å². The van der Waals surface area contributed by atoms with Gasteiger partial charge in [0.2, 0.25) is 0 Å². The normalized spacial score (nSPS) is 12.9. The van der Waals surface area contributed by atoms with Crippen molar-refractivity contribution in [2.24, 2.45) is 20.5 Å². The van der Waals surface area contributed by atoms with Gasteiger partial charge in [-0.1, -0.05) is 15.1 Å². The van der Waals surface area contributed by atoms with Gasteiger partial charge < -0.3 is 10.4 Å². The molecule has 7 N–H and O–H groups in total. The van der Waals surface area contributed by atoms with Gasteiger partial charge in [-0.15, -0.1) is 28.3 Å². The Morgan fingerprint density at radius 2 is 1.20 bits per heavy atom. The summed E-state index contributed by atoms with van der Waals surface area (Å²) >= 11 is 0.538. The molecule has 0 aliphatic rings. The second kappa shape index (κ2) is 22.6. The molecule has 0 saturated heterocycles. The maximum atomic E-state index is 12.8. The molecule has 0 saturated carbocycles. The van der Waals surface area contributed by atoms with E-state index >= 15 is 0 Å². The first kappa shape index (κ1) is 49.9. The predicted octanol–water partition coefficient (Wildman–Crippen LogP) is 5.86. The lowest BCUT2D eigenvalue weighted by Gasteiger charge is -2.14. The summed E-state index contributed by atoms with van der Waals surface area (Å²) < 4.78 is 140. The maximum Gasteiger partial charge on any atom is 0.296 e. The molecule has 4 rings (SSSR count). The van der Waals surface area contributed by atoms with Gasteiger partial charge in [0.25, 0.3) is 20.2 Å². The second-order valence-electron chi connectivity index (χ2n) is 11.0. The fourth-order valence-electron chi connectivity index (χ4n) is 4.60. The number of nitrogens with zero attached hydrogens (tertiary/aromatic N) is 4. The number of hydrogen-bond donors (Lipinski definition) is 7. The lowest BCUT2D eigenvalue weighted by atomic mass is 10.1. The fraction of sp³-hybridized carbons (Fsp3) is 0.185. The van der Waals surface area contributed by atoms with Crippen LogP contribution in [0.4, 0.5) is 28.4 Å². The Bertz CT molecular complexity index is 2670. The largest absolute Gasteiger partial charge is 0.505 e. The van der Waals surface area contributed by atoms with Crippen molar-refractivity contribution in [3.63, 3.8) is 0 Å². The Hall–Kier alpha value is -3.73. The van der Waals surface area contributed by atoms with Gasteiger partial charge in [-0.05, 0) is 60.7 Å². The first-order chi connectivity index (χ1) is 28.8. The molecular weight excluding hydrogens is 971 g/mol. The number of benzene rings is 4. The number of hydrogen-bond acceptors (Lipinski definition) is 28. The molecule has 0 fully saturated rings. The van der Waals surface area contributed by atoms with Crippen molar-refractivity contribution in [1.82, 2.24) is 0 Å². The van der Waals surface area contributed by atoms with E-state index in [1.54, 1.807) is 0 Å². The van der Waals surface area contributed by atoms with E-state index in [4.69, 9.17) is 24.1 Å². The van der Waals surface area contributed by atoms with Crippen LogP contribution in [0.3, 0.4) is 0 Å². The van der Waals surface area contributed by atoms with E-state index in [-0.39, 0.29) is 86.6 Å². The highest BCUT2D eigenvalue weighted by Crippen LogP contribution is 2.48. The SMILES string of the molecule is O=S(=O)(O)CNc1ccc2c(O)c(N=Nc3ccc(S(=O)(=O)CCOSOOO)cc3)c(SOOO)cc2c1N=Nc1ccc(S(=O)(=O)CCOSOOO)cc1S(=O)(=O)O. The molecule has 0 atom stereocenters. The summed E-state index contributed by atoms with van der Waals surface area (Å²) in [6.07, 6.45) is 0. The molecule has 0 amide bonds. The van der Waals surface area contributed by atoms with Gasteiger partial charge in [-0.25, -0.2) is 32.6 Å². The van der Waals surface area contributed by atoms with Crippen molar-refractivity contribution in [1.29, 1.82) is 0 Å². The van der Waals surface area contributed by atoms with Crippen molar-refractivity contribution in [2.45, 2.75) is 19.6 Å². The summed E-state index contributed by atoms with van der Waals surface area (Å²) in [7, 11) is -18.1. The zero-order chi connectivity index (χ0) is 44.8. The minimum absolute atomic E-state index is 0.0665. The van der Waals surface area contributed by atoms with Gasteiger partial charge in [0.1, 0.15) is 27.8 Å². The summed E-state index contributed by atoms with van der Waals surface area (Å²) in [5, 5.41) is 64.8. The van der Waals surface area contributed by atoms with E-state index in [0.29, 0.717) is 6.07 Å². The van der Waals surface area contributed by atoms with Crippen LogP contribution in [0, 0.1) is 0 Å². The molecule has 334 valence electrons. The highest BCUT2D eigenvalue weighted by Gasteiger charge is 2.24. The molecule has 0 bridgehead atoms. The van der Waals surface area contributed by atoms with E-state index in [2.05, 4.69) is 53.9 Å². The molecule has 0 heterocycles. The van der Waals surface area contributed by atoms with E-state index < -0.39 is 85.1 Å². The smallest absolute Gasteiger partial charge is 0.296 e. The molecule has 61 heavy (non-hydrogen) atoms. The number of fused-ring (bicyclic) bond motifs is 1. The third kappa shape index (κ3) is 14.7. The van der Waals surface area contributed by atoms with Crippen molar-refractivity contribution < 1.29 is 100 Å². The lowest BCUT2D eigenvalue weighted by Crippen LogP contribution is -2.13. The third-order valence-corrected chi connectivity index (χ3v) is 13.3. The van der Waals surface area contributed by atoms with Crippen LogP contribution in [-0.4, -0.2) is 94.3 Å². The Morgan fingerprint density at radius 1 is 0.623 bits per heavy atom. The number of sulfone groups is 2. The Balaban J connectivity index is 1.78. The Morgan fingerprint density at radius 3 is 1.77 bits per heavy atom. The molecule has 0 aliphatic carbocycles. The van der Waals surface area contributed by atoms with E-state index in [1.165, 1.54) is 36.4 Å². The number of phenolic OH excluding ortho intramolecular Hbond substituents is 1. The molecule has 4 aromatic carbocycles. The van der Waals surface area contributed by atoms with Gasteiger partial charge in [0.05, 0.1) is 62.8 Å². The maximum absolute atomic E-state index is 12.8. The molecule has 0 aliphatic heterocycles. The number of anilines is 1. The Labute approximate surface area is 356 Å². The molecule has 0 aromatic heterocycles. The summed E-state index contributed by atoms with van der Waals surface area (Å²) in [4.78, 5) is -1.99. The van der Waals surface area contributed by atoms with Crippen molar-refractivity contribution in [2.75, 3.05) is 35.9 Å². The standard InChI is InChI=1S/C27H27N5O22S7/c33-27-19-6-8-22(28-15-60(41,42)43)25(31-30-21-7-5-18(13-24(21)61(44,45)46)59(39,40)12-10-48-57-54-51-36)20(19)14-23(55-52-49-34)26(27)32-29-16-1-3-17(4-2-16)58(37,38)11-9-47-56-53-50-35/h1-8,13-14,28,33-36H,9-12,15H2,(H,41,42,43)(H,44,45,46). The average molecular weight is 998 g/mol.